The number of Topliss-reactive ketones (excluding diaryl/α,β-unsaturated/α-hetero) is 3. The van der Waals surface area contributed by atoms with Crippen LogP contribution in [0.2, 0.25) is 5.02 Å². The summed E-state index contributed by atoms with van der Waals surface area (Å²) < 4.78 is 5.21. The molecule has 0 bridgehead atoms. The normalized spacial score (nSPS) is 12.4. The Morgan fingerprint density at radius 3 is 1.54 bits per heavy atom. The largest absolute Gasteiger partial charge is 0.497 e. The van der Waals surface area contributed by atoms with Crippen LogP contribution in [0.4, 0.5) is 0 Å². The van der Waals surface area contributed by atoms with Gasteiger partial charge in [0, 0.05) is 21.7 Å². The first kappa shape index (κ1) is 24.1. The highest BCUT2D eigenvalue weighted by Gasteiger charge is 2.41. The molecule has 0 saturated heterocycles. The molecule has 4 nitrogen and oxygen atoms in total. The Hall–Kier alpha value is -4.02. The second-order valence-electron chi connectivity index (χ2n) is 8.06. The lowest BCUT2D eigenvalue weighted by molar-refractivity contribution is 0.0731. The summed E-state index contributed by atoms with van der Waals surface area (Å²) in [5.74, 6) is -2.91. The maximum atomic E-state index is 13.9. The van der Waals surface area contributed by atoms with Crippen LogP contribution in [-0.4, -0.2) is 24.5 Å². The first-order valence-electron chi connectivity index (χ1n) is 11.1. The molecule has 2 unspecified atom stereocenters. The summed E-state index contributed by atoms with van der Waals surface area (Å²) in [5, 5.41) is 0.493. The molecule has 0 aromatic heterocycles. The number of carbonyl (C=O) groups excluding carboxylic acids is 3. The highest BCUT2D eigenvalue weighted by atomic mass is 35.5. The van der Waals surface area contributed by atoms with Crippen LogP contribution in [0.25, 0.3) is 0 Å². The first-order chi connectivity index (χ1) is 17.0. The molecule has 0 heterocycles. The molecule has 2 atom stereocenters. The Morgan fingerprint density at radius 2 is 1.06 bits per heavy atom. The van der Waals surface area contributed by atoms with Crippen molar-refractivity contribution in [3.05, 3.63) is 136 Å². The van der Waals surface area contributed by atoms with E-state index in [2.05, 4.69) is 0 Å². The third-order valence-corrected chi connectivity index (χ3v) is 6.15. The molecule has 0 aliphatic heterocycles. The Kier molecular flexibility index (Phi) is 7.54. The van der Waals surface area contributed by atoms with Gasteiger partial charge >= 0.3 is 0 Å². The van der Waals surface area contributed by atoms with Crippen molar-refractivity contribution in [3.8, 4) is 5.75 Å². The van der Waals surface area contributed by atoms with Gasteiger partial charge in [-0.2, -0.15) is 0 Å². The highest BCUT2D eigenvalue weighted by Crippen LogP contribution is 2.35. The molecule has 4 aromatic carbocycles. The summed E-state index contributed by atoms with van der Waals surface area (Å²) in [4.78, 5) is 41.7. The SMILES string of the molecule is COc1ccc(C(=O)C(C(=O)c2ccccc2)C(C(=O)c2ccccc2)c2ccc(Cl)cc2)cc1. The molecular weight excluding hydrogens is 460 g/mol. The molecule has 0 fully saturated rings. The number of hydrogen-bond acceptors (Lipinski definition) is 4. The Morgan fingerprint density at radius 1 is 0.600 bits per heavy atom. The van der Waals surface area contributed by atoms with E-state index in [1.807, 2.05) is 6.07 Å². The standard InChI is InChI=1S/C30H23ClO4/c1-35-25-18-14-23(15-19-25)30(34)27(29(33)22-10-6-3-7-11-22)26(20-12-16-24(31)17-13-20)28(32)21-8-4-2-5-9-21/h2-19,26-27H,1H3. The van der Waals surface area contributed by atoms with Crippen molar-refractivity contribution in [1.29, 1.82) is 0 Å². The molecule has 0 spiro atoms. The predicted octanol–water partition coefficient (Wildman–Crippen LogP) is 6.70. The monoisotopic (exact) mass is 482 g/mol. The second kappa shape index (κ2) is 10.9. The molecule has 174 valence electrons. The van der Waals surface area contributed by atoms with Crippen molar-refractivity contribution in [1.82, 2.24) is 0 Å². The minimum absolute atomic E-state index is 0.316. The van der Waals surface area contributed by atoms with Crippen LogP contribution in [-0.2, 0) is 0 Å². The smallest absolute Gasteiger partial charge is 0.174 e. The fourth-order valence-electron chi connectivity index (χ4n) is 4.09. The maximum Gasteiger partial charge on any atom is 0.174 e. The molecule has 4 aromatic rings. The van der Waals surface area contributed by atoms with Crippen molar-refractivity contribution in [3.63, 3.8) is 0 Å². The lowest BCUT2D eigenvalue weighted by atomic mass is 9.73. The van der Waals surface area contributed by atoms with Crippen molar-refractivity contribution in [2.75, 3.05) is 7.11 Å². The molecule has 0 N–H and O–H groups in total. The number of hydrogen-bond donors (Lipinski definition) is 0. The van der Waals surface area contributed by atoms with E-state index >= 15 is 0 Å². The van der Waals surface area contributed by atoms with Crippen molar-refractivity contribution in [2.45, 2.75) is 5.92 Å². The summed E-state index contributed by atoms with van der Waals surface area (Å²) in [6.07, 6.45) is 0. The van der Waals surface area contributed by atoms with Crippen LogP contribution >= 0.6 is 11.6 Å². The van der Waals surface area contributed by atoms with E-state index in [1.165, 1.54) is 7.11 Å². The van der Waals surface area contributed by atoms with E-state index < -0.39 is 23.4 Å². The fraction of sp³-hybridized carbons (Fsp3) is 0.100. The number of ketones is 3. The van der Waals surface area contributed by atoms with E-state index in [4.69, 9.17) is 16.3 Å². The number of methoxy groups -OCH3 is 1. The molecule has 0 amide bonds. The van der Waals surface area contributed by atoms with E-state index in [0.29, 0.717) is 33.0 Å². The van der Waals surface area contributed by atoms with Crippen LogP contribution in [0, 0.1) is 5.92 Å². The summed E-state index contributed by atoms with van der Waals surface area (Å²) in [5.41, 5.74) is 1.64. The topological polar surface area (TPSA) is 60.4 Å². The van der Waals surface area contributed by atoms with Gasteiger partial charge < -0.3 is 4.74 Å². The van der Waals surface area contributed by atoms with Gasteiger partial charge in [-0.3, -0.25) is 14.4 Å². The van der Waals surface area contributed by atoms with Gasteiger partial charge in [0.25, 0.3) is 0 Å². The molecule has 35 heavy (non-hydrogen) atoms. The quantitative estimate of drug-likeness (QED) is 0.197. The van der Waals surface area contributed by atoms with Gasteiger partial charge in [-0.25, -0.2) is 0 Å². The van der Waals surface area contributed by atoms with E-state index in [1.54, 1.807) is 103 Å². The maximum absolute atomic E-state index is 13.9. The fourth-order valence-corrected chi connectivity index (χ4v) is 4.21. The lowest BCUT2D eigenvalue weighted by Crippen LogP contribution is -2.35. The van der Waals surface area contributed by atoms with Crippen LogP contribution in [0.15, 0.2) is 109 Å². The molecule has 0 saturated carbocycles. The molecular formula is C30H23ClO4. The zero-order valence-corrected chi connectivity index (χ0v) is 19.8. The van der Waals surface area contributed by atoms with E-state index in [9.17, 15) is 14.4 Å². The minimum atomic E-state index is -1.28. The first-order valence-corrected chi connectivity index (χ1v) is 11.5. The molecule has 0 radical (unpaired) electrons. The number of carbonyl (C=O) groups is 3. The molecule has 4 rings (SSSR count). The van der Waals surface area contributed by atoms with Crippen molar-refractivity contribution < 1.29 is 19.1 Å². The molecule has 0 aliphatic rings. The van der Waals surface area contributed by atoms with Crippen LogP contribution in [0.1, 0.15) is 42.6 Å². The summed E-state index contributed by atoms with van der Waals surface area (Å²) in [6.45, 7) is 0. The third-order valence-electron chi connectivity index (χ3n) is 5.90. The van der Waals surface area contributed by atoms with Gasteiger partial charge in [0.2, 0.25) is 0 Å². The number of benzene rings is 4. The van der Waals surface area contributed by atoms with Crippen molar-refractivity contribution in [2.24, 2.45) is 5.92 Å². The summed E-state index contributed by atoms with van der Waals surface area (Å²) >= 11 is 6.11. The number of ether oxygens (including phenoxy) is 1. The van der Waals surface area contributed by atoms with Crippen molar-refractivity contribution >= 4 is 29.0 Å². The minimum Gasteiger partial charge on any atom is -0.497 e. The zero-order chi connectivity index (χ0) is 24.8. The highest BCUT2D eigenvalue weighted by molar-refractivity contribution is 6.30. The van der Waals surface area contributed by atoms with Gasteiger partial charge in [-0.1, -0.05) is 84.4 Å². The van der Waals surface area contributed by atoms with Gasteiger partial charge in [0.1, 0.15) is 5.75 Å². The molecule has 5 heteroatoms. The molecule has 0 aliphatic carbocycles. The summed E-state index contributed by atoms with van der Waals surface area (Å²) in [7, 11) is 1.54. The van der Waals surface area contributed by atoms with Crippen LogP contribution in [0.3, 0.4) is 0 Å². The van der Waals surface area contributed by atoms with Gasteiger partial charge in [0.15, 0.2) is 17.3 Å². The number of rotatable bonds is 9. The lowest BCUT2D eigenvalue weighted by Gasteiger charge is -2.25. The third kappa shape index (κ3) is 5.39. The van der Waals surface area contributed by atoms with E-state index in [-0.39, 0.29) is 5.78 Å². The van der Waals surface area contributed by atoms with Crippen LogP contribution < -0.4 is 4.74 Å². The van der Waals surface area contributed by atoms with Gasteiger partial charge in [-0.05, 0) is 42.0 Å². The number of halogens is 1. The van der Waals surface area contributed by atoms with Crippen LogP contribution in [0.5, 0.6) is 5.75 Å². The summed E-state index contributed by atoms with van der Waals surface area (Å²) in [6, 6.07) is 30.5. The van der Waals surface area contributed by atoms with Gasteiger partial charge in [-0.15, -0.1) is 0 Å². The Balaban J connectivity index is 1.89. The zero-order valence-electron chi connectivity index (χ0n) is 19.1. The average Bonchev–Trinajstić information content (AvgIpc) is 2.92. The Labute approximate surface area is 209 Å². The average molecular weight is 483 g/mol. The van der Waals surface area contributed by atoms with E-state index in [0.717, 1.165) is 0 Å². The van der Waals surface area contributed by atoms with Gasteiger partial charge in [0.05, 0.1) is 18.9 Å². The predicted molar refractivity (Wildman–Crippen MR) is 137 cm³/mol. The Bertz CT molecular complexity index is 1310. The second-order valence-corrected chi connectivity index (χ2v) is 8.50.